The van der Waals surface area contributed by atoms with Crippen molar-refractivity contribution in [2.45, 2.75) is 39.3 Å². The lowest BCUT2D eigenvalue weighted by molar-refractivity contribution is -0.136. The highest BCUT2D eigenvalue weighted by atomic mass is 16.2. The first-order valence-corrected chi connectivity index (χ1v) is 6.61. The van der Waals surface area contributed by atoms with Gasteiger partial charge in [-0.25, -0.2) is 4.98 Å². The number of hydrogen-bond donors (Lipinski definition) is 1. The van der Waals surface area contributed by atoms with Gasteiger partial charge in [-0.05, 0) is 6.42 Å². The van der Waals surface area contributed by atoms with Gasteiger partial charge in [0.05, 0.1) is 12.2 Å². The molecule has 1 aromatic heterocycles. The predicted octanol–water partition coefficient (Wildman–Crippen LogP) is 0.264. The summed E-state index contributed by atoms with van der Waals surface area (Å²) in [5.41, 5.74) is 0.870. The molecule has 0 saturated carbocycles. The van der Waals surface area contributed by atoms with Crippen molar-refractivity contribution in [3.8, 4) is 0 Å². The van der Waals surface area contributed by atoms with Crippen molar-refractivity contribution in [1.82, 2.24) is 20.2 Å². The van der Waals surface area contributed by atoms with E-state index in [9.17, 15) is 14.4 Å². The third-order valence-corrected chi connectivity index (χ3v) is 3.14. The van der Waals surface area contributed by atoms with Crippen LogP contribution in [0.3, 0.4) is 0 Å². The SMILES string of the molecule is CC.O=C1CCC(N2Cc3nccnc3C2=O)C(=O)N1. The topological polar surface area (TPSA) is 92.3 Å². The smallest absolute Gasteiger partial charge is 0.275 e. The van der Waals surface area contributed by atoms with E-state index < -0.39 is 11.9 Å². The van der Waals surface area contributed by atoms with Crippen LogP contribution in [0.5, 0.6) is 0 Å². The van der Waals surface area contributed by atoms with E-state index in [1.165, 1.54) is 17.3 Å². The summed E-state index contributed by atoms with van der Waals surface area (Å²) in [5.74, 6) is -1.02. The van der Waals surface area contributed by atoms with E-state index in [0.29, 0.717) is 17.8 Å². The van der Waals surface area contributed by atoms with Crippen LogP contribution in [0.4, 0.5) is 0 Å². The fraction of sp³-hybridized carbons (Fsp3) is 0.462. The fourth-order valence-corrected chi connectivity index (χ4v) is 2.26. The molecule has 3 amide bonds. The van der Waals surface area contributed by atoms with Crippen molar-refractivity contribution in [1.29, 1.82) is 0 Å². The lowest BCUT2D eigenvalue weighted by Crippen LogP contribution is -2.52. The maximum Gasteiger partial charge on any atom is 0.275 e. The Kier molecular flexibility index (Phi) is 4.07. The normalized spacial score (nSPS) is 21.0. The minimum atomic E-state index is -0.605. The Hall–Kier alpha value is -2.31. The van der Waals surface area contributed by atoms with Crippen molar-refractivity contribution in [2.75, 3.05) is 0 Å². The van der Waals surface area contributed by atoms with Crippen molar-refractivity contribution in [2.24, 2.45) is 0 Å². The number of aromatic nitrogens is 2. The number of piperidine rings is 1. The van der Waals surface area contributed by atoms with Crippen LogP contribution in [-0.2, 0) is 16.1 Å². The molecule has 1 N–H and O–H groups in total. The molecule has 3 rings (SSSR count). The first-order chi connectivity index (χ1) is 9.66. The molecule has 1 fully saturated rings. The second-order valence-electron chi connectivity index (χ2n) is 4.25. The summed E-state index contributed by atoms with van der Waals surface area (Å²) in [6.07, 6.45) is 3.56. The zero-order valence-corrected chi connectivity index (χ0v) is 11.4. The number of hydrogen-bond acceptors (Lipinski definition) is 5. The number of rotatable bonds is 1. The molecule has 7 heteroatoms. The van der Waals surface area contributed by atoms with Crippen LogP contribution in [-0.4, -0.2) is 38.6 Å². The Morgan fingerprint density at radius 3 is 2.55 bits per heavy atom. The van der Waals surface area contributed by atoms with Crippen LogP contribution in [0.1, 0.15) is 42.9 Å². The van der Waals surface area contributed by atoms with E-state index in [1.807, 2.05) is 13.8 Å². The van der Waals surface area contributed by atoms with Crippen molar-refractivity contribution in [3.63, 3.8) is 0 Å². The number of amides is 3. The zero-order valence-electron chi connectivity index (χ0n) is 11.4. The molecule has 1 saturated heterocycles. The van der Waals surface area contributed by atoms with E-state index >= 15 is 0 Å². The van der Waals surface area contributed by atoms with Gasteiger partial charge in [-0.2, -0.15) is 0 Å². The summed E-state index contributed by atoms with van der Waals surface area (Å²) in [5, 5.41) is 2.24. The summed E-state index contributed by atoms with van der Waals surface area (Å²) in [6.45, 7) is 4.27. The zero-order chi connectivity index (χ0) is 14.7. The average molecular weight is 276 g/mol. The first-order valence-electron chi connectivity index (χ1n) is 6.61. The van der Waals surface area contributed by atoms with Crippen LogP contribution in [0.25, 0.3) is 0 Å². The molecule has 106 valence electrons. The van der Waals surface area contributed by atoms with Crippen LogP contribution < -0.4 is 5.32 Å². The highest BCUT2D eigenvalue weighted by Gasteiger charge is 2.40. The quantitative estimate of drug-likeness (QED) is 0.743. The molecule has 7 nitrogen and oxygen atoms in total. The molecule has 20 heavy (non-hydrogen) atoms. The van der Waals surface area contributed by atoms with Gasteiger partial charge in [-0.15, -0.1) is 0 Å². The number of carbonyl (C=O) groups is 3. The molecule has 1 aromatic rings. The van der Waals surface area contributed by atoms with Crippen LogP contribution in [0, 0.1) is 0 Å². The Morgan fingerprint density at radius 2 is 1.90 bits per heavy atom. The summed E-state index contributed by atoms with van der Waals surface area (Å²) in [7, 11) is 0. The Labute approximate surface area is 116 Å². The van der Waals surface area contributed by atoms with Gasteiger partial charge < -0.3 is 4.90 Å². The molecular weight excluding hydrogens is 260 g/mol. The molecule has 0 radical (unpaired) electrons. The highest BCUT2D eigenvalue weighted by molar-refractivity contribution is 6.04. The number of fused-ring (bicyclic) bond motifs is 1. The first kappa shape index (κ1) is 14.1. The third kappa shape index (κ3) is 2.38. The van der Waals surface area contributed by atoms with Gasteiger partial charge in [0.25, 0.3) is 5.91 Å². The van der Waals surface area contributed by atoms with Gasteiger partial charge in [-0.1, -0.05) is 13.8 Å². The average Bonchev–Trinajstić information content (AvgIpc) is 2.79. The monoisotopic (exact) mass is 276 g/mol. The molecule has 1 atom stereocenters. The maximum atomic E-state index is 12.1. The molecule has 0 aliphatic carbocycles. The summed E-state index contributed by atoms with van der Waals surface area (Å²) >= 11 is 0. The number of imide groups is 1. The molecule has 0 spiro atoms. The molecule has 2 aliphatic heterocycles. The number of nitrogens with zero attached hydrogens (tertiary/aromatic N) is 3. The third-order valence-electron chi connectivity index (χ3n) is 3.14. The number of carbonyl (C=O) groups excluding carboxylic acids is 3. The highest BCUT2D eigenvalue weighted by Crippen LogP contribution is 2.24. The minimum Gasteiger partial charge on any atom is -0.319 e. The summed E-state index contributed by atoms with van der Waals surface area (Å²) in [6, 6.07) is -0.605. The summed E-state index contributed by atoms with van der Waals surface area (Å²) < 4.78 is 0. The van der Waals surface area contributed by atoms with Gasteiger partial charge in [0.2, 0.25) is 11.8 Å². The molecule has 0 bridgehead atoms. The maximum absolute atomic E-state index is 12.1. The van der Waals surface area contributed by atoms with Gasteiger partial charge in [0, 0.05) is 18.8 Å². The second-order valence-corrected chi connectivity index (χ2v) is 4.25. The summed E-state index contributed by atoms with van der Waals surface area (Å²) in [4.78, 5) is 44.3. The van der Waals surface area contributed by atoms with E-state index in [1.54, 1.807) is 0 Å². The Morgan fingerprint density at radius 1 is 1.20 bits per heavy atom. The molecule has 3 heterocycles. The van der Waals surface area contributed by atoms with Gasteiger partial charge >= 0.3 is 0 Å². The van der Waals surface area contributed by atoms with E-state index in [0.717, 1.165) is 0 Å². The van der Waals surface area contributed by atoms with E-state index in [4.69, 9.17) is 0 Å². The van der Waals surface area contributed by atoms with Crippen molar-refractivity contribution < 1.29 is 14.4 Å². The van der Waals surface area contributed by atoms with E-state index in [-0.39, 0.29) is 24.8 Å². The second kappa shape index (κ2) is 5.77. The lowest BCUT2D eigenvalue weighted by atomic mass is 10.0. The van der Waals surface area contributed by atoms with Gasteiger partial charge in [0.1, 0.15) is 6.04 Å². The standard InChI is InChI=1S/C11H10N4O3.C2H6/c16-8-2-1-7(10(17)14-8)15-5-6-9(11(15)18)13-4-3-12-6;1-2/h3-4,7H,1-2,5H2,(H,14,16,17);1-2H3. The Balaban J connectivity index is 0.000000704. The van der Waals surface area contributed by atoms with Crippen LogP contribution in [0.15, 0.2) is 12.4 Å². The number of nitrogens with one attached hydrogen (secondary N) is 1. The lowest BCUT2D eigenvalue weighted by Gasteiger charge is -2.28. The van der Waals surface area contributed by atoms with Crippen molar-refractivity contribution in [3.05, 3.63) is 23.8 Å². The van der Waals surface area contributed by atoms with Gasteiger partial charge in [-0.3, -0.25) is 24.7 Å². The minimum absolute atomic E-state index is 0.247. The van der Waals surface area contributed by atoms with Gasteiger partial charge in [0.15, 0.2) is 5.69 Å². The van der Waals surface area contributed by atoms with Crippen molar-refractivity contribution >= 4 is 17.7 Å². The molecule has 1 unspecified atom stereocenters. The fourth-order valence-electron chi connectivity index (χ4n) is 2.26. The van der Waals surface area contributed by atoms with E-state index in [2.05, 4.69) is 15.3 Å². The molecular formula is C13H16N4O3. The molecule has 0 aromatic carbocycles. The largest absolute Gasteiger partial charge is 0.319 e. The predicted molar refractivity (Wildman–Crippen MR) is 69.4 cm³/mol. The molecule has 2 aliphatic rings. The Bertz CT molecular complexity index is 558. The van der Waals surface area contributed by atoms with Crippen LogP contribution >= 0.6 is 0 Å². The van der Waals surface area contributed by atoms with Crippen LogP contribution in [0.2, 0.25) is 0 Å².